The number of unbranched alkanes of at least 4 members (excludes halogenated alkanes) is 2. The van der Waals surface area contributed by atoms with E-state index in [-0.39, 0.29) is 0 Å². The number of ether oxygens (including phenoxy) is 1. The summed E-state index contributed by atoms with van der Waals surface area (Å²) in [6, 6.07) is 16.4. The van der Waals surface area contributed by atoms with Gasteiger partial charge in [0.05, 0.1) is 0 Å². The van der Waals surface area contributed by atoms with E-state index in [0.29, 0.717) is 5.92 Å². The molecule has 0 unspecified atom stereocenters. The van der Waals surface area contributed by atoms with Crippen molar-refractivity contribution < 1.29 is 4.74 Å². The molecule has 2 saturated carbocycles. The fourth-order valence-corrected chi connectivity index (χ4v) is 6.11. The van der Waals surface area contributed by atoms with Crippen molar-refractivity contribution >= 4 is 5.69 Å². The molecule has 4 rings (SSSR count). The minimum absolute atomic E-state index is 0.631. The van der Waals surface area contributed by atoms with E-state index in [1.807, 2.05) is 24.3 Å². The summed E-state index contributed by atoms with van der Waals surface area (Å²) >= 11 is 0. The SMILES string of the molecule is CCCCCC1CCC(C2CCC(c3ccccc3Oc3ccc(N)cc3)CC2)CC1. The number of para-hydroxylation sites is 1. The quantitative estimate of drug-likeness (QED) is 0.343. The second kappa shape index (κ2) is 11.1. The van der Waals surface area contributed by atoms with E-state index in [1.165, 1.54) is 82.6 Å². The van der Waals surface area contributed by atoms with Crippen LogP contribution in [0.1, 0.15) is 95.5 Å². The number of hydrogen-bond donors (Lipinski definition) is 1. The highest BCUT2D eigenvalue weighted by molar-refractivity contribution is 5.45. The van der Waals surface area contributed by atoms with Crippen molar-refractivity contribution in [3.63, 3.8) is 0 Å². The second-order valence-corrected chi connectivity index (χ2v) is 10.1. The van der Waals surface area contributed by atoms with Crippen molar-refractivity contribution in [2.45, 2.75) is 89.9 Å². The Morgan fingerprint density at radius 1 is 0.774 bits per heavy atom. The summed E-state index contributed by atoms with van der Waals surface area (Å²) in [6.07, 6.45) is 17.1. The Balaban J connectivity index is 1.29. The summed E-state index contributed by atoms with van der Waals surface area (Å²) in [5.74, 6) is 5.49. The van der Waals surface area contributed by atoms with Crippen molar-refractivity contribution in [3.8, 4) is 11.5 Å². The van der Waals surface area contributed by atoms with Gasteiger partial charge in [-0.05, 0) is 98.1 Å². The van der Waals surface area contributed by atoms with Crippen LogP contribution in [0.15, 0.2) is 48.5 Å². The molecule has 0 bridgehead atoms. The largest absolute Gasteiger partial charge is 0.457 e. The molecule has 31 heavy (non-hydrogen) atoms. The minimum Gasteiger partial charge on any atom is -0.457 e. The number of nitrogens with two attached hydrogens (primary N) is 1. The van der Waals surface area contributed by atoms with Crippen LogP contribution in [0.25, 0.3) is 0 Å². The van der Waals surface area contributed by atoms with Gasteiger partial charge in [0.1, 0.15) is 11.5 Å². The molecule has 2 aromatic rings. The standard InChI is InChI=1S/C29H41NO/c1-2-3-4-7-22-10-12-23(13-11-22)24-14-16-25(17-15-24)28-8-5-6-9-29(28)31-27-20-18-26(30)19-21-27/h5-6,8-9,18-25H,2-4,7,10-17,30H2,1H3. The second-order valence-electron chi connectivity index (χ2n) is 10.1. The van der Waals surface area contributed by atoms with Crippen molar-refractivity contribution in [1.29, 1.82) is 0 Å². The molecule has 2 N–H and O–H groups in total. The first-order valence-corrected chi connectivity index (χ1v) is 12.8. The maximum absolute atomic E-state index is 6.26. The summed E-state index contributed by atoms with van der Waals surface area (Å²) in [5, 5.41) is 0. The summed E-state index contributed by atoms with van der Waals surface area (Å²) in [4.78, 5) is 0. The van der Waals surface area contributed by atoms with Crippen LogP contribution in [-0.4, -0.2) is 0 Å². The highest BCUT2D eigenvalue weighted by Gasteiger charge is 2.31. The van der Waals surface area contributed by atoms with E-state index in [9.17, 15) is 0 Å². The van der Waals surface area contributed by atoms with Crippen LogP contribution in [-0.2, 0) is 0 Å². The molecule has 0 saturated heterocycles. The van der Waals surface area contributed by atoms with Gasteiger partial charge in [-0.3, -0.25) is 0 Å². The lowest BCUT2D eigenvalue weighted by atomic mass is 9.68. The third kappa shape index (κ3) is 6.05. The van der Waals surface area contributed by atoms with Crippen molar-refractivity contribution in [1.82, 2.24) is 0 Å². The molecule has 0 radical (unpaired) electrons. The molecule has 0 spiro atoms. The van der Waals surface area contributed by atoms with Crippen molar-refractivity contribution in [2.75, 3.05) is 5.73 Å². The molecule has 2 aliphatic rings. The number of nitrogen functional groups attached to an aromatic ring is 1. The molecular formula is C29H41NO. The van der Waals surface area contributed by atoms with E-state index >= 15 is 0 Å². The minimum atomic E-state index is 0.631. The smallest absolute Gasteiger partial charge is 0.130 e. The average molecular weight is 420 g/mol. The Kier molecular flexibility index (Phi) is 7.94. The molecule has 2 aromatic carbocycles. The van der Waals surface area contributed by atoms with Gasteiger partial charge < -0.3 is 10.5 Å². The van der Waals surface area contributed by atoms with Crippen LogP contribution in [0.4, 0.5) is 5.69 Å². The van der Waals surface area contributed by atoms with Gasteiger partial charge in [0, 0.05) is 5.69 Å². The molecule has 2 nitrogen and oxygen atoms in total. The third-order valence-corrected chi connectivity index (χ3v) is 8.01. The van der Waals surface area contributed by atoms with E-state index in [1.54, 1.807) is 0 Å². The molecule has 2 fully saturated rings. The summed E-state index contributed by atoms with van der Waals surface area (Å²) in [5.41, 5.74) is 7.98. The zero-order valence-electron chi connectivity index (χ0n) is 19.4. The lowest BCUT2D eigenvalue weighted by molar-refractivity contribution is 0.155. The summed E-state index contributed by atoms with van der Waals surface area (Å²) in [6.45, 7) is 2.32. The van der Waals surface area contributed by atoms with E-state index in [0.717, 1.165) is 34.9 Å². The van der Waals surface area contributed by atoms with Gasteiger partial charge in [-0.1, -0.05) is 63.6 Å². The first-order valence-electron chi connectivity index (χ1n) is 12.8. The maximum atomic E-state index is 6.26. The fraction of sp³-hybridized carbons (Fsp3) is 0.586. The Labute approximate surface area is 189 Å². The van der Waals surface area contributed by atoms with E-state index in [2.05, 4.69) is 31.2 Å². The molecule has 168 valence electrons. The monoisotopic (exact) mass is 419 g/mol. The van der Waals surface area contributed by atoms with Crippen molar-refractivity contribution in [3.05, 3.63) is 54.1 Å². The maximum Gasteiger partial charge on any atom is 0.130 e. The van der Waals surface area contributed by atoms with Gasteiger partial charge in [0.15, 0.2) is 0 Å². The van der Waals surface area contributed by atoms with Crippen LogP contribution >= 0.6 is 0 Å². The molecule has 0 atom stereocenters. The number of hydrogen-bond acceptors (Lipinski definition) is 2. The summed E-state index contributed by atoms with van der Waals surface area (Å²) < 4.78 is 6.26. The lowest BCUT2D eigenvalue weighted by Crippen LogP contribution is -2.25. The van der Waals surface area contributed by atoms with Gasteiger partial charge in [0.2, 0.25) is 0 Å². The van der Waals surface area contributed by atoms with Gasteiger partial charge in [-0.15, -0.1) is 0 Å². The molecule has 0 amide bonds. The highest BCUT2D eigenvalue weighted by Crippen LogP contribution is 2.46. The molecule has 0 aromatic heterocycles. The van der Waals surface area contributed by atoms with Crippen LogP contribution in [0, 0.1) is 17.8 Å². The molecule has 0 heterocycles. The molecule has 2 aliphatic carbocycles. The summed E-state index contributed by atoms with van der Waals surface area (Å²) in [7, 11) is 0. The predicted octanol–water partition coefficient (Wildman–Crippen LogP) is 8.72. The Morgan fingerprint density at radius 3 is 2.10 bits per heavy atom. The van der Waals surface area contributed by atoms with Gasteiger partial charge in [-0.2, -0.15) is 0 Å². The first kappa shape index (κ1) is 22.2. The predicted molar refractivity (Wildman–Crippen MR) is 132 cm³/mol. The topological polar surface area (TPSA) is 35.2 Å². The van der Waals surface area contributed by atoms with Gasteiger partial charge in [-0.25, -0.2) is 0 Å². The average Bonchev–Trinajstić information content (AvgIpc) is 2.82. The zero-order valence-corrected chi connectivity index (χ0v) is 19.4. The van der Waals surface area contributed by atoms with Crippen molar-refractivity contribution in [2.24, 2.45) is 17.8 Å². The molecular weight excluding hydrogens is 378 g/mol. The first-order chi connectivity index (χ1) is 15.2. The van der Waals surface area contributed by atoms with Gasteiger partial charge in [0.25, 0.3) is 0 Å². The lowest BCUT2D eigenvalue weighted by Gasteiger charge is -2.38. The Bertz CT molecular complexity index is 783. The normalized spacial score (nSPS) is 26.5. The number of benzene rings is 2. The number of rotatable bonds is 8. The molecule has 2 heteroatoms. The van der Waals surface area contributed by atoms with Crippen LogP contribution in [0.3, 0.4) is 0 Å². The number of anilines is 1. The Hall–Kier alpha value is -1.96. The Morgan fingerprint density at radius 2 is 1.42 bits per heavy atom. The zero-order chi connectivity index (χ0) is 21.5. The van der Waals surface area contributed by atoms with Gasteiger partial charge >= 0.3 is 0 Å². The van der Waals surface area contributed by atoms with Crippen LogP contribution < -0.4 is 10.5 Å². The van der Waals surface area contributed by atoms with Crippen LogP contribution in [0.5, 0.6) is 11.5 Å². The molecule has 0 aliphatic heterocycles. The van der Waals surface area contributed by atoms with E-state index in [4.69, 9.17) is 10.5 Å². The van der Waals surface area contributed by atoms with E-state index < -0.39 is 0 Å². The third-order valence-electron chi connectivity index (χ3n) is 8.01. The highest BCUT2D eigenvalue weighted by atomic mass is 16.5. The fourth-order valence-electron chi connectivity index (χ4n) is 6.11. The van der Waals surface area contributed by atoms with Crippen LogP contribution in [0.2, 0.25) is 0 Å².